The maximum Gasteiger partial charge on any atom is 0.0541 e. The first-order valence-corrected chi connectivity index (χ1v) is 7.27. The Kier molecular flexibility index (Phi) is 6.00. The molecule has 0 aliphatic rings. The van der Waals surface area contributed by atoms with Gasteiger partial charge in [-0.3, -0.25) is 0 Å². The third-order valence-corrected chi connectivity index (χ3v) is 3.84. The topological polar surface area (TPSA) is 12.0 Å². The monoisotopic (exact) mass is 393 g/mol. The van der Waals surface area contributed by atoms with E-state index < -0.39 is 0 Å². The van der Waals surface area contributed by atoms with Crippen LogP contribution in [0.2, 0.25) is 0 Å². The minimum atomic E-state index is 0.254. The lowest BCUT2D eigenvalue weighted by molar-refractivity contribution is 0.589. The van der Waals surface area contributed by atoms with Crippen LogP contribution >= 0.6 is 38.5 Å². The van der Waals surface area contributed by atoms with Gasteiger partial charge in [0.1, 0.15) is 0 Å². The van der Waals surface area contributed by atoms with Crippen molar-refractivity contribution in [3.8, 4) is 0 Å². The van der Waals surface area contributed by atoms with Crippen LogP contribution in [0.3, 0.4) is 0 Å². The summed E-state index contributed by atoms with van der Waals surface area (Å²) in [6.45, 7) is 9.34. The summed E-state index contributed by atoms with van der Waals surface area (Å²) < 4.78 is 2.39. The highest BCUT2D eigenvalue weighted by Gasteiger charge is 2.14. The molecule has 1 unspecified atom stereocenters. The van der Waals surface area contributed by atoms with Gasteiger partial charge in [0.2, 0.25) is 0 Å². The van der Waals surface area contributed by atoms with Crippen molar-refractivity contribution in [2.24, 2.45) is 0 Å². The van der Waals surface area contributed by atoms with Crippen molar-refractivity contribution >= 4 is 38.5 Å². The molecule has 1 aromatic carbocycles. The zero-order valence-electron chi connectivity index (χ0n) is 9.69. The molecule has 0 radical (unpaired) electrons. The SMILES string of the molecule is C=C(C)C(NCCC)c1cc(Br)ccc1I. The van der Waals surface area contributed by atoms with E-state index in [1.54, 1.807) is 0 Å². The van der Waals surface area contributed by atoms with Gasteiger partial charge in [0.05, 0.1) is 6.04 Å². The Morgan fingerprint density at radius 3 is 2.81 bits per heavy atom. The number of benzene rings is 1. The van der Waals surface area contributed by atoms with Crippen molar-refractivity contribution < 1.29 is 0 Å². The molecule has 0 aliphatic heterocycles. The molecule has 16 heavy (non-hydrogen) atoms. The van der Waals surface area contributed by atoms with Gasteiger partial charge in [0.15, 0.2) is 0 Å². The van der Waals surface area contributed by atoms with Gasteiger partial charge >= 0.3 is 0 Å². The van der Waals surface area contributed by atoms with Crippen LogP contribution in [-0.2, 0) is 0 Å². The molecule has 88 valence electrons. The molecule has 1 aromatic rings. The molecule has 0 saturated carbocycles. The molecule has 1 atom stereocenters. The van der Waals surface area contributed by atoms with E-state index >= 15 is 0 Å². The van der Waals surface area contributed by atoms with E-state index in [9.17, 15) is 0 Å². The normalized spacial score (nSPS) is 12.5. The first kappa shape index (κ1) is 14.2. The number of hydrogen-bond donors (Lipinski definition) is 1. The second kappa shape index (κ2) is 6.77. The molecule has 0 spiro atoms. The van der Waals surface area contributed by atoms with Crippen molar-refractivity contribution in [2.45, 2.75) is 26.3 Å². The fourth-order valence-corrected chi connectivity index (χ4v) is 2.60. The smallest absolute Gasteiger partial charge is 0.0541 e. The van der Waals surface area contributed by atoms with Gasteiger partial charge in [-0.25, -0.2) is 0 Å². The van der Waals surface area contributed by atoms with Crippen LogP contribution in [0.1, 0.15) is 31.9 Å². The highest BCUT2D eigenvalue weighted by Crippen LogP contribution is 2.27. The van der Waals surface area contributed by atoms with Gasteiger partial charge in [-0.05, 0) is 66.2 Å². The number of rotatable bonds is 5. The third-order valence-electron chi connectivity index (χ3n) is 2.36. The zero-order valence-corrected chi connectivity index (χ0v) is 13.4. The van der Waals surface area contributed by atoms with E-state index in [4.69, 9.17) is 0 Å². The molecule has 1 N–H and O–H groups in total. The van der Waals surface area contributed by atoms with E-state index in [1.165, 1.54) is 9.13 Å². The second-order valence-corrected chi connectivity index (χ2v) is 5.98. The van der Waals surface area contributed by atoms with Gasteiger partial charge in [-0.1, -0.05) is 35.0 Å². The quantitative estimate of drug-likeness (QED) is 0.566. The minimum absolute atomic E-state index is 0.254. The second-order valence-electron chi connectivity index (χ2n) is 3.90. The van der Waals surface area contributed by atoms with Gasteiger partial charge in [-0.2, -0.15) is 0 Å². The van der Waals surface area contributed by atoms with Gasteiger partial charge in [0, 0.05) is 8.04 Å². The summed E-state index contributed by atoms with van der Waals surface area (Å²) in [7, 11) is 0. The fourth-order valence-electron chi connectivity index (χ4n) is 1.57. The molecular formula is C13H17BrIN. The highest BCUT2D eigenvalue weighted by atomic mass is 127. The maximum atomic E-state index is 4.07. The number of hydrogen-bond acceptors (Lipinski definition) is 1. The summed E-state index contributed by atoms with van der Waals surface area (Å²) in [4.78, 5) is 0. The Balaban J connectivity index is 3.00. The van der Waals surface area contributed by atoms with Crippen LogP contribution in [0, 0.1) is 3.57 Å². The van der Waals surface area contributed by atoms with Crippen LogP contribution in [0.15, 0.2) is 34.8 Å². The summed E-state index contributed by atoms with van der Waals surface area (Å²) in [6, 6.07) is 6.62. The average Bonchev–Trinajstić information content (AvgIpc) is 2.23. The van der Waals surface area contributed by atoms with Crippen molar-refractivity contribution in [2.75, 3.05) is 6.54 Å². The lowest BCUT2D eigenvalue weighted by Gasteiger charge is -2.20. The van der Waals surface area contributed by atoms with E-state index in [2.05, 4.69) is 82.5 Å². The molecule has 1 rings (SSSR count). The summed E-state index contributed by atoms with van der Waals surface area (Å²) in [6.07, 6.45) is 1.13. The summed E-state index contributed by atoms with van der Waals surface area (Å²) in [5.41, 5.74) is 2.46. The summed E-state index contributed by atoms with van der Waals surface area (Å²) in [5.74, 6) is 0. The Morgan fingerprint density at radius 1 is 1.56 bits per heavy atom. The summed E-state index contributed by atoms with van der Waals surface area (Å²) in [5, 5.41) is 3.53. The van der Waals surface area contributed by atoms with Crippen LogP contribution < -0.4 is 5.32 Å². The van der Waals surface area contributed by atoms with Crippen LogP contribution in [0.4, 0.5) is 0 Å². The average molecular weight is 394 g/mol. The lowest BCUT2D eigenvalue weighted by Crippen LogP contribution is -2.23. The Bertz CT molecular complexity index is 376. The predicted molar refractivity (Wildman–Crippen MR) is 82.7 cm³/mol. The van der Waals surface area contributed by atoms with Gasteiger partial charge < -0.3 is 5.32 Å². The first-order chi connectivity index (χ1) is 7.56. The predicted octanol–water partition coefficient (Wildman–Crippen LogP) is 4.67. The van der Waals surface area contributed by atoms with Gasteiger partial charge in [0.25, 0.3) is 0 Å². The van der Waals surface area contributed by atoms with Crippen molar-refractivity contribution in [1.29, 1.82) is 0 Å². The minimum Gasteiger partial charge on any atom is -0.307 e. The Hall–Kier alpha value is 0.130. The summed E-state index contributed by atoms with van der Waals surface area (Å²) >= 11 is 5.90. The Labute approximate surface area is 120 Å². The van der Waals surface area contributed by atoms with E-state index in [0.717, 1.165) is 23.0 Å². The van der Waals surface area contributed by atoms with Crippen molar-refractivity contribution in [1.82, 2.24) is 5.32 Å². The highest BCUT2D eigenvalue weighted by molar-refractivity contribution is 14.1. The molecule has 0 fully saturated rings. The lowest BCUT2D eigenvalue weighted by atomic mass is 10.0. The molecule has 3 heteroatoms. The van der Waals surface area contributed by atoms with Crippen LogP contribution in [0.25, 0.3) is 0 Å². The van der Waals surface area contributed by atoms with E-state index in [1.807, 2.05) is 0 Å². The molecule has 1 nitrogen and oxygen atoms in total. The number of nitrogens with one attached hydrogen (secondary N) is 1. The van der Waals surface area contributed by atoms with Crippen LogP contribution in [0.5, 0.6) is 0 Å². The molecule has 0 heterocycles. The maximum absolute atomic E-state index is 4.07. The molecule has 0 bridgehead atoms. The zero-order chi connectivity index (χ0) is 12.1. The number of halogens is 2. The van der Waals surface area contributed by atoms with Crippen molar-refractivity contribution in [3.63, 3.8) is 0 Å². The van der Waals surface area contributed by atoms with Crippen LogP contribution in [-0.4, -0.2) is 6.54 Å². The molecule has 0 amide bonds. The molecule has 0 saturated heterocycles. The standard InChI is InChI=1S/C13H17BrIN/c1-4-7-16-13(9(2)3)11-8-10(14)5-6-12(11)15/h5-6,8,13,16H,2,4,7H2,1,3H3. The first-order valence-electron chi connectivity index (χ1n) is 5.40. The van der Waals surface area contributed by atoms with Gasteiger partial charge in [-0.15, -0.1) is 0 Å². The molecule has 0 aliphatic carbocycles. The molecular weight excluding hydrogens is 377 g/mol. The molecule has 0 aromatic heterocycles. The van der Waals surface area contributed by atoms with E-state index in [0.29, 0.717) is 0 Å². The van der Waals surface area contributed by atoms with E-state index in [-0.39, 0.29) is 6.04 Å². The largest absolute Gasteiger partial charge is 0.307 e. The Morgan fingerprint density at radius 2 is 2.25 bits per heavy atom. The fraction of sp³-hybridized carbons (Fsp3) is 0.385. The third kappa shape index (κ3) is 3.86. The van der Waals surface area contributed by atoms with Crippen molar-refractivity contribution in [3.05, 3.63) is 44.0 Å².